The molecule has 0 bridgehead atoms. The first-order chi connectivity index (χ1) is 15.0. The molecule has 3 aromatic rings. The maximum absolute atomic E-state index is 14.3. The van der Waals surface area contributed by atoms with E-state index in [0.29, 0.717) is 22.8 Å². The molecule has 2 N–H and O–H groups in total. The minimum absolute atomic E-state index is 0.0914. The number of nitrogens with one attached hydrogen (secondary N) is 1. The van der Waals surface area contributed by atoms with Gasteiger partial charge < -0.3 is 15.3 Å². The van der Waals surface area contributed by atoms with Crippen LogP contribution in [0, 0.1) is 5.82 Å². The van der Waals surface area contributed by atoms with Gasteiger partial charge in [0.15, 0.2) is 0 Å². The molecule has 2 heterocycles. The van der Waals surface area contributed by atoms with Crippen LogP contribution in [0.1, 0.15) is 29.7 Å². The lowest BCUT2D eigenvalue weighted by molar-refractivity contribution is -0.136. The van der Waals surface area contributed by atoms with Gasteiger partial charge >= 0.3 is 5.97 Å². The Kier molecular flexibility index (Phi) is 6.37. The van der Waals surface area contributed by atoms with Crippen LogP contribution in [0.3, 0.4) is 0 Å². The van der Waals surface area contributed by atoms with Gasteiger partial charge in [0, 0.05) is 29.4 Å². The molecule has 0 spiro atoms. The van der Waals surface area contributed by atoms with E-state index in [2.05, 4.69) is 16.3 Å². The normalized spacial score (nSPS) is 13.0. The summed E-state index contributed by atoms with van der Waals surface area (Å²) >= 11 is 6.18. The van der Waals surface area contributed by atoms with Crippen molar-refractivity contribution in [2.75, 3.05) is 16.8 Å². The molecule has 0 amide bonds. The number of benzene rings is 2. The van der Waals surface area contributed by atoms with Gasteiger partial charge in [-0.1, -0.05) is 29.8 Å². The standard InChI is InChI=1S/C24H23ClFN3O2/c25-18-4-1-5-21(13-18)29-12-2-3-17-7-10-20(28-24(17)29)15-27-19-9-6-16(22(26)14-19)8-11-23(30)31/h1,4-7,9-10,13-14,27H,2-3,8,11-12,15H2,(H,30,31). The number of carboxylic acid groups (broad SMARTS) is 1. The van der Waals surface area contributed by atoms with E-state index in [-0.39, 0.29) is 12.8 Å². The van der Waals surface area contributed by atoms with Crippen molar-refractivity contribution < 1.29 is 14.3 Å². The SMILES string of the molecule is O=C(O)CCc1ccc(NCc2ccc3c(n2)N(c2cccc(Cl)c2)CCC3)cc1F. The van der Waals surface area contributed by atoms with Crippen molar-refractivity contribution in [2.45, 2.75) is 32.2 Å². The van der Waals surface area contributed by atoms with Gasteiger partial charge in [-0.2, -0.15) is 0 Å². The topological polar surface area (TPSA) is 65.5 Å². The van der Waals surface area contributed by atoms with Crippen LogP contribution in [-0.2, 0) is 24.2 Å². The summed E-state index contributed by atoms with van der Waals surface area (Å²) in [6.45, 7) is 1.32. The lowest BCUT2D eigenvalue weighted by Crippen LogP contribution is -2.26. The van der Waals surface area contributed by atoms with Crippen molar-refractivity contribution >= 4 is 34.8 Å². The molecular formula is C24H23ClFN3O2. The van der Waals surface area contributed by atoms with Crippen LogP contribution in [0.4, 0.5) is 21.6 Å². The quantitative estimate of drug-likeness (QED) is 0.502. The molecule has 0 fully saturated rings. The number of hydrogen-bond donors (Lipinski definition) is 2. The maximum Gasteiger partial charge on any atom is 0.303 e. The summed E-state index contributed by atoms with van der Waals surface area (Å²) in [5, 5.41) is 12.7. The Morgan fingerprint density at radius 2 is 2.06 bits per heavy atom. The Morgan fingerprint density at radius 1 is 1.19 bits per heavy atom. The average Bonchev–Trinajstić information content (AvgIpc) is 2.76. The molecule has 0 saturated heterocycles. The van der Waals surface area contributed by atoms with E-state index < -0.39 is 11.8 Å². The van der Waals surface area contributed by atoms with E-state index in [0.717, 1.165) is 36.6 Å². The lowest BCUT2D eigenvalue weighted by Gasteiger charge is -2.30. The van der Waals surface area contributed by atoms with E-state index in [1.807, 2.05) is 30.3 Å². The predicted octanol–water partition coefficient (Wildman–Crippen LogP) is 5.59. The molecule has 0 saturated carbocycles. The summed E-state index contributed by atoms with van der Waals surface area (Å²) in [6, 6.07) is 16.6. The Morgan fingerprint density at radius 3 is 2.84 bits per heavy atom. The number of pyridine rings is 1. The largest absolute Gasteiger partial charge is 0.481 e. The summed E-state index contributed by atoms with van der Waals surface area (Å²) < 4.78 is 14.3. The molecule has 1 aromatic heterocycles. The van der Waals surface area contributed by atoms with E-state index in [9.17, 15) is 9.18 Å². The molecule has 2 aromatic carbocycles. The maximum atomic E-state index is 14.3. The summed E-state index contributed by atoms with van der Waals surface area (Å²) in [5.74, 6) is -0.410. The molecule has 0 aliphatic carbocycles. The molecule has 4 rings (SSSR count). The monoisotopic (exact) mass is 439 g/mol. The van der Waals surface area contributed by atoms with Crippen LogP contribution < -0.4 is 10.2 Å². The molecule has 0 radical (unpaired) electrons. The second kappa shape index (κ2) is 9.35. The van der Waals surface area contributed by atoms with Gasteiger partial charge in [0.05, 0.1) is 12.2 Å². The number of aryl methyl sites for hydroxylation is 2. The van der Waals surface area contributed by atoms with Crippen LogP contribution in [0.2, 0.25) is 5.02 Å². The van der Waals surface area contributed by atoms with Crippen LogP contribution in [-0.4, -0.2) is 22.6 Å². The Balaban J connectivity index is 1.48. The second-order valence-corrected chi connectivity index (χ2v) is 8.01. The summed E-state index contributed by atoms with van der Waals surface area (Å²) in [4.78, 5) is 17.7. The molecule has 0 atom stereocenters. The minimum Gasteiger partial charge on any atom is -0.481 e. The number of aromatic nitrogens is 1. The molecule has 5 nitrogen and oxygen atoms in total. The fourth-order valence-corrected chi connectivity index (χ4v) is 3.95. The Bertz CT molecular complexity index is 1110. The highest BCUT2D eigenvalue weighted by molar-refractivity contribution is 6.30. The van der Waals surface area contributed by atoms with Crippen LogP contribution >= 0.6 is 11.6 Å². The van der Waals surface area contributed by atoms with Crippen LogP contribution in [0.15, 0.2) is 54.6 Å². The first-order valence-corrected chi connectivity index (χ1v) is 10.6. The van der Waals surface area contributed by atoms with Crippen molar-refractivity contribution in [1.82, 2.24) is 4.98 Å². The molecule has 1 aliphatic heterocycles. The van der Waals surface area contributed by atoms with Crippen molar-refractivity contribution in [3.8, 4) is 0 Å². The number of hydrogen-bond acceptors (Lipinski definition) is 4. The van der Waals surface area contributed by atoms with Crippen LogP contribution in [0.25, 0.3) is 0 Å². The highest BCUT2D eigenvalue weighted by Crippen LogP contribution is 2.33. The van der Waals surface area contributed by atoms with Crippen molar-refractivity contribution in [3.05, 3.63) is 82.3 Å². The molecule has 7 heteroatoms. The fraction of sp³-hybridized carbons (Fsp3) is 0.250. The zero-order valence-electron chi connectivity index (χ0n) is 16.9. The molecule has 160 valence electrons. The minimum atomic E-state index is -0.938. The average molecular weight is 440 g/mol. The molecule has 0 unspecified atom stereocenters. The van der Waals surface area contributed by atoms with Gasteiger partial charge in [-0.3, -0.25) is 4.79 Å². The predicted molar refractivity (Wildman–Crippen MR) is 121 cm³/mol. The van der Waals surface area contributed by atoms with Gasteiger partial charge in [-0.25, -0.2) is 9.37 Å². The van der Waals surface area contributed by atoms with Gasteiger partial charge in [0.25, 0.3) is 0 Å². The smallest absolute Gasteiger partial charge is 0.303 e. The zero-order valence-corrected chi connectivity index (χ0v) is 17.7. The van der Waals surface area contributed by atoms with Gasteiger partial charge in [0.1, 0.15) is 11.6 Å². The third kappa shape index (κ3) is 5.14. The van der Waals surface area contributed by atoms with Crippen molar-refractivity contribution in [2.24, 2.45) is 0 Å². The number of carbonyl (C=O) groups is 1. The Hall–Kier alpha value is -3.12. The summed E-state index contributed by atoms with van der Waals surface area (Å²) in [6.07, 6.45) is 2.11. The highest BCUT2D eigenvalue weighted by atomic mass is 35.5. The van der Waals surface area contributed by atoms with E-state index in [1.165, 1.54) is 11.6 Å². The summed E-state index contributed by atoms with van der Waals surface area (Å²) in [7, 11) is 0. The summed E-state index contributed by atoms with van der Waals surface area (Å²) in [5.41, 5.74) is 4.09. The highest BCUT2D eigenvalue weighted by Gasteiger charge is 2.20. The third-order valence-electron chi connectivity index (χ3n) is 5.35. The van der Waals surface area contributed by atoms with Crippen molar-refractivity contribution in [3.63, 3.8) is 0 Å². The molecule has 1 aliphatic rings. The number of anilines is 3. The van der Waals surface area contributed by atoms with E-state index >= 15 is 0 Å². The first kappa shape index (κ1) is 21.1. The van der Waals surface area contributed by atoms with Gasteiger partial charge in [-0.05, 0) is 66.8 Å². The van der Waals surface area contributed by atoms with Gasteiger partial charge in [0.2, 0.25) is 0 Å². The van der Waals surface area contributed by atoms with E-state index in [1.54, 1.807) is 12.1 Å². The van der Waals surface area contributed by atoms with Crippen LogP contribution in [0.5, 0.6) is 0 Å². The number of aliphatic carboxylic acids is 1. The molecule has 31 heavy (non-hydrogen) atoms. The third-order valence-corrected chi connectivity index (χ3v) is 5.59. The number of nitrogens with zero attached hydrogens (tertiary/aromatic N) is 2. The number of halogens is 2. The number of fused-ring (bicyclic) bond motifs is 1. The molecular weight excluding hydrogens is 417 g/mol. The second-order valence-electron chi connectivity index (χ2n) is 7.57. The lowest BCUT2D eigenvalue weighted by atomic mass is 10.0. The number of carboxylic acids is 1. The number of rotatable bonds is 7. The van der Waals surface area contributed by atoms with Crippen molar-refractivity contribution in [1.29, 1.82) is 0 Å². The van der Waals surface area contributed by atoms with Gasteiger partial charge in [-0.15, -0.1) is 0 Å². The fourth-order valence-electron chi connectivity index (χ4n) is 3.77. The van der Waals surface area contributed by atoms with E-state index in [4.69, 9.17) is 21.7 Å². The first-order valence-electron chi connectivity index (χ1n) is 10.3. The Labute approximate surface area is 185 Å². The zero-order chi connectivity index (χ0) is 21.8.